The van der Waals surface area contributed by atoms with E-state index in [-0.39, 0.29) is 10.7 Å². The van der Waals surface area contributed by atoms with E-state index in [2.05, 4.69) is 40.9 Å². The van der Waals surface area contributed by atoms with E-state index in [9.17, 15) is 4.39 Å². The van der Waals surface area contributed by atoms with Crippen molar-refractivity contribution in [3.8, 4) is 0 Å². The topological polar surface area (TPSA) is 28.5 Å². The number of benzene rings is 2. The molecular formula is C26H26FN3S. The van der Waals surface area contributed by atoms with Crippen molar-refractivity contribution >= 4 is 16.8 Å². The molecule has 1 aliphatic carbocycles. The third kappa shape index (κ3) is 4.28. The molecule has 5 heteroatoms. The SMILES string of the molecule is C=CCc1cccnc1.Cc1ccc(F)c(C2=NN(C)C3(CCc4ccccc43)S2)c1. The zero-order valence-corrected chi connectivity index (χ0v) is 18.7. The van der Waals surface area contributed by atoms with Crippen molar-refractivity contribution in [3.05, 3.63) is 113 Å². The molecule has 0 bridgehead atoms. The Kier molecular flexibility index (Phi) is 6.23. The molecule has 0 radical (unpaired) electrons. The lowest BCUT2D eigenvalue weighted by Crippen LogP contribution is -2.31. The van der Waals surface area contributed by atoms with E-state index in [1.165, 1.54) is 22.8 Å². The van der Waals surface area contributed by atoms with Gasteiger partial charge in [0.2, 0.25) is 0 Å². The average molecular weight is 432 g/mol. The minimum Gasteiger partial charge on any atom is -0.278 e. The lowest BCUT2D eigenvalue weighted by atomic mass is 10.1. The van der Waals surface area contributed by atoms with Crippen LogP contribution in [0.1, 0.15) is 34.2 Å². The molecule has 2 aromatic carbocycles. The van der Waals surface area contributed by atoms with Crippen LogP contribution < -0.4 is 0 Å². The molecule has 3 aromatic rings. The highest BCUT2D eigenvalue weighted by molar-refractivity contribution is 8.15. The van der Waals surface area contributed by atoms with Crippen LogP contribution >= 0.6 is 11.8 Å². The number of pyridine rings is 1. The van der Waals surface area contributed by atoms with Gasteiger partial charge >= 0.3 is 0 Å². The van der Waals surface area contributed by atoms with Gasteiger partial charge in [-0.25, -0.2) is 4.39 Å². The quantitative estimate of drug-likeness (QED) is 0.470. The van der Waals surface area contributed by atoms with Crippen molar-refractivity contribution < 1.29 is 4.39 Å². The molecular weight excluding hydrogens is 405 g/mol. The first-order valence-corrected chi connectivity index (χ1v) is 11.2. The van der Waals surface area contributed by atoms with Crippen LogP contribution in [0.15, 0.2) is 84.7 Å². The van der Waals surface area contributed by atoms with Gasteiger partial charge in [-0.3, -0.25) is 9.99 Å². The summed E-state index contributed by atoms with van der Waals surface area (Å²) < 4.78 is 14.2. The minimum atomic E-state index is -0.200. The summed E-state index contributed by atoms with van der Waals surface area (Å²) in [4.78, 5) is 3.78. The van der Waals surface area contributed by atoms with E-state index in [1.54, 1.807) is 24.0 Å². The van der Waals surface area contributed by atoms with Crippen LogP contribution in [0, 0.1) is 12.7 Å². The molecule has 158 valence electrons. The van der Waals surface area contributed by atoms with Crippen molar-refractivity contribution in [1.29, 1.82) is 0 Å². The van der Waals surface area contributed by atoms with Gasteiger partial charge in [0.1, 0.15) is 15.7 Å². The molecule has 2 aliphatic rings. The van der Waals surface area contributed by atoms with Gasteiger partial charge in [-0.2, -0.15) is 5.10 Å². The van der Waals surface area contributed by atoms with Crippen LogP contribution in [-0.4, -0.2) is 22.1 Å². The Morgan fingerprint density at radius 3 is 2.81 bits per heavy atom. The monoisotopic (exact) mass is 431 g/mol. The normalized spacial score (nSPS) is 18.9. The van der Waals surface area contributed by atoms with Gasteiger partial charge in [0, 0.05) is 25.0 Å². The number of hydrazone groups is 1. The minimum absolute atomic E-state index is 0.178. The Morgan fingerprint density at radius 1 is 1.19 bits per heavy atom. The van der Waals surface area contributed by atoms with Crippen LogP contribution in [0.5, 0.6) is 0 Å². The summed E-state index contributed by atoms with van der Waals surface area (Å²) in [7, 11) is 2.00. The zero-order chi connectivity index (χ0) is 21.8. The summed E-state index contributed by atoms with van der Waals surface area (Å²) >= 11 is 1.68. The van der Waals surface area contributed by atoms with Crippen LogP contribution in [0.4, 0.5) is 4.39 Å². The maximum absolute atomic E-state index is 14.2. The molecule has 0 saturated heterocycles. The number of thioether (sulfide) groups is 1. The first-order valence-electron chi connectivity index (χ1n) is 10.4. The van der Waals surface area contributed by atoms with Gasteiger partial charge in [0.05, 0.1) is 0 Å². The number of rotatable bonds is 3. The summed E-state index contributed by atoms with van der Waals surface area (Å²) in [6.45, 7) is 5.61. The maximum Gasteiger partial charge on any atom is 0.134 e. The summed E-state index contributed by atoms with van der Waals surface area (Å²) in [5.74, 6) is -0.200. The van der Waals surface area contributed by atoms with Crippen molar-refractivity contribution in [2.45, 2.75) is 31.1 Å². The molecule has 1 aliphatic heterocycles. The highest BCUT2D eigenvalue weighted by Gasteiger charge is 2.48. The highest BCUT2D eigenvalue weighted by atomic mass is 32.2. The number of hydrogen-bond donors (Lipinski definition) is 0. The summed E-state index contributed by atoms with van der Waals surface area (Å²) in [6.07, 6.45) is 8.46. The Bertz CT molecular complexity index is 1110. The van der Waals surface area contributed by atoms with Crippen molar-refractivity contribution in [3.63, 3.8) is 0 Å². The molecule has 5 rings (SSSR count). The third-order valence-electron chi connectivity index (χ3n) is 5.66. The molecule has 1 spiro atoms. The molecule has 0 N–H and O–H groups in total. The van der Waals surface area contributed by atoms with Crippen LogP contribution in [0.25, 0.3) is 0 Å². The predicted octanol–water partition coefficient (Wildman–Crippen LogP) is 6.08. The van der Waals surface area contributed by atoms with E-state index in [0.29, 0.717) is 5.56 Å². The van der Waals surface area contributed by atoms with E-state index in [1.807, 2.05) is 49.5 Å². The standard InChI is InChI=1S/C18H17FN2S.C8H9N/c1-12-7-8-16(19)14(11-12)17-20-21(2)18(22-17)10-9-13-5-3-4-6-15(13)18;1-2-4-8-5-3-6-9-7-8/h3-8,11H,9-10H2,1-2H3;2-3,5-7H,1,4H2. The van der Waals surface area contributed by atoms with E-state index in [0.717, 1.165) is 29.9 Å². The van der Waals surface area contributed by atoms with Crippen LogP contribution in [0.2, 0.25) is 0 Å². The van der Waals surface area contributed by atoms with E-state index < -0.39 is 0 Å². The second kappa shape index (κ2) is 9.06. The van der Waals surface area contributed by atoms with Gasteiger partial charge in [0.25, 0.3) is 0 Å². The van der Waals surface area contributed by atoms with Crippen molar-refractivity contribution in [1.82, 2.24) is 9.99 Å². The third-order valence-corrected chi connectivity index (χ3v) is 7.18. The van der Waals surface area contributed by atoms with Gasteiger partial charge in [-0.1, -0.05) is 59.8 Å². The Balaban J connectivity index is 0.000000217. The number of nitrogens with zero attached hydrogens (tertiary/aromatic N) is 3. The molecule has 0 amide bonds. The predicted molar refractivity (Wildman–Crippen MR) is 128 cm³/mol. The van der Waals surface area contributed by atoms with E-state index >= 15 is 0 Å². The van der Waals surface area contributed by atoms with Crippen molar-refractivity contribution in [2.24, 2.45) is 5.10 Å². The first-order chi connectivity index (χ1) is 15.0. The number of hydrogen-bond acceptors (Lipinski definition) is 4. The highest BCUT2D eigenvalue weighted by Crippen LogP contribution is 2.54. The van der Waals surface area contributed by atoms with Crippen molar-refractivity contribution in [2.75, 3.05) is 7.05 Å². The second-order valence-electron chi connectivity index (χ2n) is 7.81. The van der Waals surface area contributed by atoms with Gasteiger partial charge in [-0.05, 0) is 61.1 Å². The fourth-order valence-corrected chi connectivity index (χ4v) is 5.50. The van der Waals surface area contributed by atoms with Crippen LogP contribution in [-0.2, 0) is 17.7 Å². The summed E-state index contributed by atoms with van der Waals surface area (Å²) in [5.41, 5.74) is 5.57. The zero-order valence-electron chi connectivity index (χ0n) is 17.9. The lowest BCUT2D eigenvalue weighted by molar-refractivity contribution is 0.230. The summed E-state index contributed by atoms with van der Waals surface area (Å²) in [5, 5.41) is 7.46. The molecule has 31 heavy (non-hydrogen) atoms. The molecule has 1 unspecified atom stereocenters. The first kappa shape index (κ1) is 21.3. The van der Waals surface area contributed by atoms with E-state index in [4.69, 9.17) is 0 Å². The Hall–Kier alpha value is -2.92. The smallest absolute Gasteiger partial charge is 0.134 e. The summed E-state index contributed by atoms with van der Waals surface area (Å²) in [6, 6.07) is 17.7. The fourth-order valence-electron chi connectivity index (χ4n) is 4.06. The lowest BCUT2D eigenvalue weighted by Gasteiger charge is -2.31. The van der Waals surface area contributed by atoms with Gasteiger partial charge in [-0.15, -0.1) is 6.58 Å². The molecule has 3 nitrogen and oxygen atoms in total. The average Bonchev–Trinajstić information content (AvgIpc) is 3.33. The van der Waals surface area contributed by atoms with Crippen LogP contribution in [0.3, 0.4) is 0 Å². The number of fused-ring (bicyclic) bond motifs is 2. The number of aromatic nitrogens is 1. The largest absolute Gasteiger partial charge is 0.278 e. The Labute approximate surface area is 187 Å². The second-order valence-corrected chi connectivity index (χ2v) is 9.08. The molecule has 1 atom stereocenters. The maximum atomic E-state index is 14.2. The molecule has 0 fully saturated rings. The molecule has 2 heterocycles. The number of halogens is 1. The molecule has 1 aromatic heterocycles. The van der Waals surface area contributed by atoms with Gasteiger partial charge in [0.15, 0.2) is 0 Å². The Morgan fingerprint density at radius 2 is 2.03 bits per heavy atom. The number of aryl methyl sites for hydroxylation is 2. The number of allylic oxidation sites excluding steroid dienone is 1. The fraction of sp³-hybridized carbons (Fsp3) is 0.231. The van der Waals surface area contributed by atoms with Gasteiger partial charge < -0.3 is 0 Å². The molecule has 0 saturated carbocycles.